The lowest BCUT2D eigenvalue weighted by Gasteiger charge is -2.00. The maximum Gasteiger partial charge on any atom is 0.174 e. The van der Waals surface area contributed by atoms with Gasteiger partial charge in [0.2, 0.25) is 0 Å². The molecule has 1 nitrogen and oxygen atoms in total. The summed E-state index contributed by atoms with van der Waals surface area (Å²) in [6.07, 6.45) is 1.18. The van der Waals surface area contributed by atoms with Crippen molar-refractivity contribution in [1.82, 2.24) is 0 Å². The highest BCUT2D eigenvalue weighted by Crippen LogP contribution is 1.96. The van der Waals surface area contributed by atoms with Crippen molar-refractivity contribution >= 4 is 10.5 Å². The molecule has 0 aromatic rings. The summed E-state index contributed by atoms with van der Waals surface area (Å²) >= 11 is 0. The normalized spacial score (nSPS) is 10.3. The van der Waals surface area contributed by atoms with Gasteiger partial charge >= 0.3 is 0 Å². The fraction of sp³-hybridized carbons (Fsp3) is 1.00. The van der Waals surface area contributed by atoms with E-state index in [9.17, 15) is 0 Å². The second kappa shape index (κ2) is 4.34. The fourth-order valence-electron chi connectivity index (χ4n) is 0.319. The molecule has 1 radical (unpaired) electrons. The lowest BCUT2D eigenvalue weighted by Crippen LogP contribution is -1.94. The van der Waals surface area contributed by atoms with Crippen LogP contribution in [0.3, 0.4) is 0 Å². The van der Waals surface area contributed by atoms with Gasteiger partial charge in [0.25, 0.3) is 0 Å². The fourth-order valence-corrected chi connectivity index (χ4v) is 0.486. The van der Waals surface area contributed by atoms with Gasteiger partial charge in [-0.15, -0.1) is 0 Å². The van der Waals surface area contributed by atoms with Crippen LogP contribution in [0.15, 0.2) is 0 Å². The molecular weight excluding hydrogens is 104 g/mol. The third kappa shape index (κ3) is 6.18. The van der Waals surface area contributed by atoms with E-state index in [-0.39, 0.29) is 0 Å². The molecule has 0 aromatic carbocycles. The highest BCUT2D eigenvalue weighted by atomic mass is 28.2. The molecule has 0 saturated heterocycles. The van der Waals surface area contributed by atoms with Crippen LogP contribution in [-0.4, -0.2) is 17.1 Å². The largest absolute Gasteiger partial charge is 0.425 e. The summed E-state index contributed by atoms with van der Waals surface area (Å²) in [5.74, 6) is 0.782. The van der Waals surface area contributed by atoms with Crippen molar-refractivity contribution in [2.45, 2.75) is 20.3 Å². The molecule has 0 heterocycles. The predicted molar refractivity (Wildman–Crippen MR) is 34.0 cm³/mol. The van der Waals surface area contributed by atoms with Crippen LogP contribution in [-0.2, 0) is 4.43 Å². The highest BCUT2D eigenvalue weighted by Gasteiger charge is 1.88. The first kappa shape index (κ1) is 7.18. The highest BCUT2D eigenvalue weighted by molar-refractivity contribution is 5.97. The van der Waals surface area contributed by atoms with E-state index in [1.807, 2.05) is 0 Å². The van der Waals surface area contributed by atoms with Gasteiger partial charge in [-0.25, -0.2) is 0 Å². The zero-order valence-electron chi connectivity index (χ0n) is 5.11. The molecule has 0 fully saturated rings. The van der Waals surface area contributed by atoms with Crippen LogP contribution < -0.4 is 0 Å². The maximum absolute atomic E-state index is 4.88. The van der Waals surface area contributed by atoms with Gasteiger partial charge in [-0.1, -0.05) is 13.8 Å². The zero-order chi connectivity index (χ0) is 5.70. The lowest BCUT2D eigenvalue weighted by atomic mass is 10.2. The molecular formula is C5H13OSi. The van der Waals surface area contributed by atoms with Crippen molar-refractivity contribution in [2.24, 2.45) is 5.92 Å². The minimum Gasteiger partial charge on any atom is -0.425 e. The summed E-state index contributed by atoms with van der Waals surface area (Å²) in [5.41, 5.74) is 0. The Morgan fingerprint density at radius 3 is 2.29 bits per heavy atom. The Bertz CT molecular complexity index is 37.1. The minimum absolute atomic E-state index is 0.782. The first-order valence-corrected chi connectivity index (χ1v) is 3.22. The molecule has 0 aromatic heterocycles. The number of rotatable bonds is 3. The van der Waals surface area contributed by atoms with Crippen molar-refractivity contribution in [3.63, 3.8) is 0 Å². The molecule has 7 heavy (non-hydrogen) atoms. The summed E-state index contributed by atoms with van der Waals surface area (Å²) in [5, 5.41) is 0. The molecule has 0 aliphatic rings. The van der Waals surface area contributed by atoms with Crippen LogP contribution in [0.1, 0.15) is 20.3 Å². The molecule has 0 rings (SSSR count). The Morgan fingerprint density at radius 1 is 1.57 bits per heavy atom. The van der Waals surface area contributed by atoms with E-state index in [2.05, 4.69) is 13.8 Å². The first-order chi connectivity index (χ1) is 3.27. The van der Waals surface area contributed by atoms with Crippen LogP contribution >= 0.6 is 0 Å². The molecule has 0 aliphatic heterocycles. The average molecular weight is 117 g/mol. The van der Waals surface area contributed by atoms with Gasteiger partial charge in [-0.3, -0.25) is 0 Å². The van der Waals surface area contributed by atoms with E-state index in [0.29, 0.717) is 0 Å². The SMILES string of the molecule is CC(C)CCO[SiH2]. The molecule has 0 saturated carbocycles. The van der Waals surface area contributed by atoms with Gasteiger partial charge < -0.3 is 4.43 Å². The summed E-state index contributed by atoms with van der Waals surface area (Å²) in [7, 11) is 1.57. The van der Waals surface area contributed by atoms with Crippen molar-refractivity contribution in [2.75, 3.05) is 6.61 Å². The third-order valence-corrected chi connectivity index (χ3v) is 1.13. The standard InChI is InChI=1S/C5H13OSi/c1-5(2)3-4-6-7/h5H,3-4,7H2,1-2H3. The van der Waals surface area contributed by atoms with E-state index < -0.39 is 0 Å². The second-order valence-corrected chi connectivity index (χ2v) is 2.50. The monoisotopic (exact) mass is 117 g/mol. The van der Waals surface area contributed by atoms with Gasteiger partial charge in [-0.2, -0.15) is 0 Å². The van der Waals surface area contributed by atoms with Gasteiger partial charge in [0.1, 0.15) is 0 Å². The number of hydrogen-bond donors (Lipinski definition) is 0. The van der Waals surface area contributed by atoms with E-state index in [1.54, 1.807) is 10.5 Å². The average Bonchev–Trinajstić information content (AvgIpc) is 1.61. The molecule has 0 amide bonds. The molecule has 0 atom stereocenters. The van der Waals surface area contributed by atoms with E-state index in [1.165, 1.54) is 6.42 Å². The Hall–Kier alpha value is 0.177. The summed E-state index contributed by atoms with van der Waals surface area (Å²) < 4.78 is 4.88. The summed E-state index contributed by atoms with van der Waals surface area (Å²) in [4.78, 5) is 0. The summed E-state index contributed by atoms with van der Waals surface area (Å²) in [6.45, 7) is 5.31. The molecule has 0 spiro atoms. The number of hydrogen-bond acceptors (Lipinski definition) is 1. The zero-order valence-corrected chi connectivity index (χ0v) is 6.52. The smallest absolute Gasteiger partial charge is 0.174 e. The molecule has 0 bridgehead atoms. The molecule has 0 aliphatic carbocycles. The Labute approximate surface area is 48.6 Å². The van der Waals surface area contributed by atoms with Crippen LogP contribution in [0.4, 0.5) is 0 Å². The van der Waals surface area contributed by atoms with Crippen molar-refractivity contribution in [3.8, 4) is 0 Å². The van der Waals surface area contributed by atoms with E-state index in [4.69, 9.17) is 4.43 Å². The van der Waals surface area contributed by atoms with Crippen LogP contribution in [0.5, 0.6) is 0 Å². The van der Waals surface area contributed by atoms with Crippen molar-refractivity contribution < 1.29 is 4.43 Å². The van der Waals surface area contributed by atoms with Crippen LogP contribution in [0, 0.1) is 5.92 Å². The minimum atomic E-state index is 0.782. The van der Waals surface area contributed by atoms with Crippen molar-refractivity contribution in [1.29, 1.82) is 0 Å². The third-order valence-electron chi connectivity index (χ3n) is 0.840. The predicted octanol–water partition coefficient (Wildman–Crippen LogP) is 0.597. The van der Waals surface area contributed by atoms with Gasteiger partial charge in [0.05, 0.1) is 0 Å². The molecule has 2 heteroatoms. The maximum atomic E-state index is 4.88. The van der Waals surface area contributed by atoms with Crippen LogP contribution in [0.2, 0.25) is 0 Å². The van der Waals surface area contributed by atoms with Gasteiger partial charge in [-0.05, 0) is 12.3 Å². The van der Waals surface area contributed by atoms with Crippen LogP contribution in [0.25, 0.3) is 0 Å². The Kier molecular flexibility index (Phi) is 4.45. The summed E-state index contributed by atoms with van der Waals surface area (Å²) in [6, 6.07) is 0. The van der Waals surface area contributed by atoms with E-state index >= 15 is 0 Å². The Balaban J connectivity index is 2.68. The molecule has 0 N–H and O–H groups in total. The van der Waals surface area contributed by atoms with Gasteiger partial charge in [0.15, 0.2) is 10.5 Å². The lowest BCUT2D eigenvalue weighted by molar-refractivity contribution is 0.315. The topological polar surface area (TPSA) is 9.23 Å². The van der Waals surface area contributed by atoms with E-state index in [0.717, 1.165) is 12.5 Å². The van der Waals surface area contributed by atoms with Crippen molar-refractivity contribution in [3.05, 3.63) is 0 Å². The van der Waals surface area contributed by atoms with Gasteiger partial charge in [0, 0.05) is 6.61 Å². The first-order valence-electron chi connectivity index (χ1n) is 2.64. The molecule has 0 unspecified atom stereocenters. The second-order valence-electron chi connectivity index (χ2n) is 2.09. The Morgan fingerprint density at radius 2 is 2.14 bits per heavy atom. The molecule has 43 valence electrons. The quantitative estimate of drug-likeness (QED) is 0.492.